The molecule has 0 radical (unpaired) electrons. The second-order valence-corrected chi connectivity index (χ2v) is 8.33. The topological polar surface area (TPSA) is 46.9 Å². The Bertz CT molecular complexity index is 1140. The first-order valence-electron chi connectivity index (χ1n) is 9.42. The van der Waals surface area contributed by atoms with Gasteiger partial charge < -0.3 is 9.88 Å². The molecule has 0 fully saturated rings. The molecule has 5 heteroatoms. The molecule has 4 rings (SSSR count). The third-order valence-corrected chi connectivity index (χ3v) is 6.12. The summed E-state index contributed by atoms with van der Waals surface area (Å²) in [4.78, 5) is 18.1. The zero-order valence-corrected chi connectivity index (χ0v) is 17.1. The normalized spacial score (nSPS) is 11.3. The first-order valence-corrected chi connectivity index (χ1v) is 10.2. The summed E-state index contributed by atoms with van der Waals surface area (Å²) in [5.74, 6) is 1.38. The van der Waals surface area contributed by atoms with E-state index in [0.29, 0.717) is 5.92 Å². The molecule has 0 aliphatic rings. The van der Waals surface area contributed by atoms with Crippen LogP contribution in [-0.4, -0.2) is 15.5 Å². The summed E-state index contributed by atoms with van der Waals surface area (Å²) in [6.45, 7) is 7.03. The molecule has 0 saturated carbocycles. The fraction of sp³-hybridized carbons (Fsp3) is 0.217. The van der Waals surface area contributed by atoms with E-state index >= 15 is 0 Å². The molecule has 142 valence electrons. The number of rotatable bonds is 5. The number of benzene rings is 2. The lowest BCUT2D eigenvalue weighted by Crippen LogP contribution is -2.12. The molecule has 0 aliphatic carbocycles. The summed E-state index contributed by atoms with van der Waals surface area (Å²) < 4.78 is 3.29. The van der Waals surface area contributed by atoms with Crippen LogP contribution in [0.4, 0.5) is 5.69 Å². The zero-order chi connectivity index (χ0) is 19.7. The molecule has 1 amide bonds. The van der Waals surface area contributed by atoms with Gasteiger partial charge >= 0.3 is 0 Å². The van der Waals surface area contributed by atoms with E-state index in [4.69, 9.17) is 0 Å². The number of hydrogen-bond acceptors (Lipinski definition) is 3. The molecule has 1 N–H and O–H groups in total. The lowest BCUT2D eigenvalue weighted by molar-refractivity contribution is 0.103. The summed E-state index contributed by atoms with van der Waals surface area (Å²) in [5.41, 5.74) is 2.98. The second-order valence-electron chi connectivity index (χ2n) is 7.27. The quantitative estimate of drug-likeness (QED) is 0.467. The number of hydrogen-bond donors (Lipinski definition) is 1. The van der Waals surface area contributed by atoms with Gasteiger partial charge in [-0.25, -0.2) is 4.98 Å². The van der Waals surface area contributed by atoms with Crippen molar-refractivity contribution < 1.29 is 4.79 Å². The van der Waals surface area contributed by atoms with Gasteiger partial charge in [0.15, 0.2) is 0 Å². The van der Waals surface area contributed by atoms with Crippen LogP contribution in [0.1, 0.15) is 46.4 Å². The van der Waals surface area contributed by atoms with Gasteiger partial charge in [0.1, 0.15) is 5.82 Å². The minimum atomic E-state index is -0.0543. The molecule has 0 spiro atoms. The van der Waals surface area contributed by atoms with Crippen LogP contribution in [-0.2, 0) is 6.54 Å². The van der Waals surface area contributed by atoms with Gasteiger partial charge in [-0.05, 0) is 41.6 Å². The fourth-order valence-corrected chi connectivity index (χ4v) is 4.58. The van der Waals surface area contributed by atoms with E-state index in [1.54, 1.807) is 0 Å². The highest BCUT2D eigenvalue weighted by Gasteiger charge is 2.15. The van der Waals surface area contributed by atoms with Crippen molar-refractivity contribution in [3.8, 4) is 0 Å². The maximum absolute atomic E-state index is 12.9. The maximum atomic E-state index is 12.9. The van der Waals surface area contributed by atoms with Crippen molar-refractivity contribution in [3.05, 3.63) is 82.8 Å². The van der Waals surface area contributed by atoms with Crippen LogP contribution in [0, 0.1) is 6.92 Å². The number of aromatic nitrogens is 2. The Kier molecular flexibility index (Phi) is 5.01. The third-order valence-electron chi connectivity index (χ3n) is 4.85. The van der Waals surface area contributed by atoms with Crippen LogP contribution in [0.15, 0.2) is 60.9 Å². The van der Waals surface area contributed by atoms with Crippen molar-refractivity contribution >= 4 is 33.0 Å². The lowest BCUT2D eigenvalue weighted by Gasteiger charge is -2.12. The Hall–Kier alpha value is -2.92. The van der Waals surface area contributed by atoms with Crippen LogP contribution in [0.3, 0.4) is 0 Å². The lowest BCUT2D eigenvalue weighted by atomic mass is 10.1. The predicted octanol–water partition coefficient (Wildman–Crippen LogP) is 5.83. The Balaban J connectivity index is 1.55. The molecule has 4 nitrogen and oxygen atoms in total. The predicted molar refractivity (Wildman–Crippen MR) is 116 cm³/mol. The van der Waals surface area contributed by atoms with Gasteiger partial charge in [-0.1, -0.05) is 44.2 Å². The number of aryl methyl sites for hydroxylation is 1. The summed E-state index contributed by atoms with van der Waals surface area (Å²) >= 11 is 1.54. The molecule has 0 unspecified atom stereocenters. The number of nitrogens with one attached hydrogen (secondary N) is 1. The van der Waals surface area contributed by atoms with Gasteiger partial charge in [0.05, 0.1) is 4.88 Å². The van der Waals surface area contributed by atoms with E-state index in [1.807, 2.05) is 49.6 Å². The number of nitrogens with zero attached hydrogens (tertiary/aromatic N) is 2. The Labute approximate surface area is 168 Å². The molecule has 0 atom stereocenters. The number of carbonyl (C=O) groups excluding carboxylic acids is 1. The van der Waals surface area contributed by atoms with E-state index in [1.165, 1.54) is 11.3 Å². The van der Waals surface area contributed by atoms with Crippen LogP contribution < -0.4 is 5.32 Å². The van der Waals surface area contributed by atoms with Gasteiger partial charge in [0.2, 0.25) is 0 Å². The van der Waals surface area contributed by atoms with Gasteiger partial charge in [-0.3, -0.25) is 4.79 Å². The molecule has 4 aromatic rings. The van der Waals surface area contributed by atoms with E-state index in [-0.39, 0.29) is 5.91 Å². The van der Waals surface area contributed by atoms with Gasteiger partial charge in [0.25, 0.3) is 5.91 Å². The number of thiophene rings is 1. The molecule has 0 saturated heterocycles. The maximum Gasteiger partial charge on any atom is 0.266 e. The molecular weight excluding hydrogens is 366 g/mol. The second kappa shape index (κ2) is 7.60. The van der Waals surface area contributed by atoms with Crippen molar-refractivity contribution in [2.45, 2.75) is 33.2 Å². The molecule has 2 aromatic carbocycles. The Morgan fingerprint density at radius 1 is 1.18 bits per heavy atom. The van der Waals surface area contributed by atoms with Crippen LogP contribution in [0.2, 0.25) is 0 Å². The van der Waals surface area contributed by atoms with Crippen LogP contribution >= 0.6 is 11.3 Å². The van der Waals surface area contributed by atoms with Crippen molar-refractivity contribution in [1.29, 1.82) is 0 Å². The summed E-state index contributed by atoms with van der Waals surface area (Å²) in [5, 5.41) is 4.21. The van der Waals surface area contributed by atoms with Crippen molar-refractivity contribution in [2.75, 3.05) is 5.32 Å². The highest BCUT2D eigenvalue weighted by Crippen LogP contribution is 2.31. The minimum Gasteiger partial charge on any atom is -0.330 e. The molecule has 2 heterocycles. The average Bonchev–Trinajstić information content (AvgIpc) is 3.27. The van der Waals surface area contributed by atoms with Gasteiger partial charge in [-0.15, -0.1) is 11.3 Å². The van der Waals surface area contributed by atoms with Crippen molar-refractivity contribution in [2.24, 2.45) is 0 Å². The van der Waals surface area contributed by atoms with Gasteiger partial charge in [0, 0.05) is 35.2 Å². The van der Waals surface area contributed by atoms with Crippen LogP contribution in [0.5, 0.6) is 0 Å². The monoisotopic (exact) mass is 389 g/mol. The Morgan fingerprint density at radius 3 is 2.79 bits per heavy atom. The zero-order valence-electron chi connectivity index (χ0n) is 16.3. The molecule has 28 heavy (non-hydrogen) atoms. The summed E-state index contributed by atoms with van der Waals surface area (Å²) in [7, 11) is 0. The Morgan fingerprint density at radius 2 is 2.00 bits per heavy atom. The number of carbonyl (C=O) groups is 1. The molecule has 0 aliphatic heterocycles. The van der Waals surface area contributed by atoms with E-state index < -0.39 is 0 Å². The number of anilines is 1. The van der Waals surface area contributed by atoms with Crippen LogP contribution in [0.25, 0.3) is 10.1 Å². The highest BCUT2D eigenvalue weighted by atomic mass is 32.1. The highest BCUT2D eigenvalue weighted by molar-refractivity contribution is 7.21. The molecule has 0 bridgehead atoms. The summed E-state index contributed by atoms with van der Waals surface area (Å²) in [6.07, 6.45) is 3.84. The molecule has 2 aromatic heterocycles. The van der Waals surface area contributed by atoms with E-state index in [9.17, 15) is 4.79 Å². The molecular formula is C23H23N3OS. The third kappa shape index (κ3) is 3.58. The first-order chi connectivity index (χ1) is 13.5. The smallest absolute Gasteiger partial charge is 0.266 e. The van der Waals surface area contributed by atoms with E-state index in [2.05, 4.69) is 46.9 Å². The standard InChI is InChI=1S/C23H23N3OS/c1-15(2)22-24-11-12-26(22)14-17-7-6-8-18(13-17)25-23(27)21-16(3)19-9-4-5-10-20(19)28-21/h4-13,15H,14H2,1-3H3,(H,25,27). The first kappa shape index (κ1) is 18.4. The van der Waals surface area contributed by atoms with E-state index in [0.717, 1.165) is 44.1 Å². The van der Waals surface area contributed by atoms with Crippen molar-refractivity contribution in [1.82, 2.24) is 9.55 Å². The average molecular weight is 390 g/mol. The fourth-order valence-electron chi connectivity index (χ4n) is 3.48. The largest absolute Gasteiger partial charge is 0.330 e. The summed E-state index contributed by atoms with van der Waals surface area (Å²) in [6, 6.07) is 16.2. The minimum absolute atomic E-state index is 0.0543. The van der Waals surface area contributed by atoms with Crippen molar-refractivity contribution in [3.63, 3.8) is 0 Å². The number of fused-ring (bicyclic) bond motifs is 1. The number of imidazole rings is 1. The van der Waals surface area contributed by atoms with Gasteiger partial charge in [-0.2, -0.15) is 0 Å². The number of amides is 1. The SMILES string of the molecule is Cc1c(C(=O)Nc2cccc(Cn3ccnc3C(C)C)c2)sc2ccccc12.